The molecule has 2 N–H and O–H groups in total. The Morgan fingerprint density at radius 2 is 1.77 bits per heavy atom. The van der Waals surface area contributed by atoms with E-state index < -0.39 is 0 Å². The Balaban J connectivity index is 0.00000338. The van der Waals surface area contributed by atoms with E-state index >= 15 is 0 Å². The molecule has 0 aliphatic rings. The molecule has 0 saturated carbocycles. The monoisotopic (exact) mass is 473 g/mol. The number of benzene rings is 2. The second kappa shape index (κ2) is 11.6. The molecule has 0 bridgehead atoms. The van der Waals surface area contributed by atoms with Gasteiger partial charge >= 0.3 is 0 Å². The fourth-order valence-corrected chi connectivity index (χ4v) is 2.41. The normalized spacial score (nSPS) is 10.7. The summed E-state index contributed by atoms with van der Waals surface area (Å²) in [5.41, 5.74) is 1.72. The van der Waals surface area contributed by atoms with Crippen LogP contribution < -0.4 is 20.1 Å². The molecule has 2 rings (SSSR count). The van der Waals surface area contributed by atoms with Gasteiger partial charge in [-0.3, -0.25) is 4.99 Å². The Labute approximate surface area is 171 Å². The van der Waals surface area contributed by atoms with E-state index in [-0.39, 0.29) is 29.8 Å². The van der Waals surface area contributed by atoms with Gasteiger partial charge in [-0.25, -0.2) is 4.39 Å². The van der Waals surface area contributed by atoms with Crippen molar-refractivity contribution in [1.82, 2.24) is 10.6 Å². The lowest BCUT2D eigenvalue weighted by Crippen LogP contribution is -2.37. The number of hydrogen-bond acceptors (Lipinski definition) is 3. The number of hydrogen-bond donors (Lipinski definition) is 2. The largest absolute Gasteiger partial charge is 0.493 e. The molecule has 0 amide bonds. The van der Waals surface area contributed by atoms with Crippen LogP contribution in [-0.4, -0.2) is 33.8 Å². The summed E-state index contributed by atoms with van der Waals surface area (Å²) in [6.45, 7) is 1.17. The third kappa shape index (κ3) is 6.36. The zero-order chi connectivity index (χ0) is 18.1. The van der Waals surface area contributed by atoms with Crippen LogP contribution in [0.5, 0.6) is 11.5 Å². The molecule has 26 heavy (non-hydrogen) atoms. The molecular weight excluding hydrogens is 448 g/mol. The maximum Gasteiger partial charge on any atom is 0.191 e. The Morgan fingerprint density at radius 1 is 1.04 bits per heavy atom. The molecule has 0 unspecified atom stereocenters. The lowest BCUT2D eigenvalue weighted by molar-refractivity contribution is 0.354. The van der Waals surface area contributed by atoms with Crippen molar-refractivity contribution < 1.29 is 13.9 Å². The first kappa shape index (κ1) is 22.0. The second-order valence-electron chi connectivity index (χ2n) is 5.38. The highest BCUT2D eigenvalue weighted by atomic mass is 127. The molecule has 0 heterocycles. The molecule has 2 aromatic rings. The zero-order valence-corrected chi connectivity index (χ0v) is 17.5. The predicted molar refractivity (Wildman–Crippen MR) is 113 cm³/mol. The van der Waals surface area contributed by atoms with Gasteiger partial charge < -0.3 is 20.1 Å². The van der Waals surface area contributed by atoms with Gasteiger partial charge in [-0.05, 0) is 35.7 Å². The smallest absolute Gasteiger partial charge is 0.191 e. The standard InChI is InChI=1S/C19H24FN3O2.HI/c1-21-19(22-11-10-15-6-4-5-7-16(15)20)23-13-14-8-9-17(24-2)18(12-14)25-3;/h4-9,12H,10-11,13H2,1-3H3,(H2,21,22,23);1H. The minimum absolute atomic E-state index is 0. The summed E-state index contributed by atoms with van der Waals surface area (Å²) in [5, 5.41) is 6.41. The SMILES string of the molecule is CN=C(NCCc1ccccc1F)NCc1ccc(OC)c(OC)c1.I. The van der Waals surface area contributed by atoms with Gasteiger partial charge in [0.15, 0.2) is 17.5 Å². The summed E-state index contributed by atoms with van der Waals surface area (Å²) in [6.07, 6.45) is 0.587. The fourth-order valence-electron chi connectivity index (χ4n) is 2.41. The number of methoxy groups -OCH3 is 2. The Kier molecular flexibility index (Phi) is 9.79. The van der Waals surface area contributed by atoms with Gasteiger partial charge in [0.25, 0.3) is 0 Å². The van der Waals surface area contributed by atoms with E-state index in [0.29, 0.717) is 42.5 Å². The molecule has 0 spiro atoms. The van der Waals surface area contributed by atoms with Crippen LogP contribution in [0.15, 0.2) is 47.5 Å². The lowest BCUT2D eigenvalue weighted by Gasteiger charge is -2.13. The summed E-state index contributed by atoms with van der Waals surface area (Å²) in [4.78, 5) is 4.18. The van der Waals surface area contributed by atoms with Gasteiger partial charge in [0.05, 0.1) is 14.2 Å². The average Bonchev–Trinajstić information content (AvgIpc) is 2.65. The van der Waals surface area contributed by atoms with E-state index in [1.54, 1.807) is 33.4 Å². The fraction of sp³-hybridized carbons (Fsp3) is 0.316. The predicted octanol–water partition coefficient (Wildman–Crippen LogP) is 3.37. The van der Waals surface area contributed by atoms with Crippen LogP contribution in [-0.2, 0) is 13.0 Å². The van der Waals surface area contributed by atoms with Crippen LogP contribution in [0.3, 0.4) is 0 Å². The van der Waals surface area contributed by atoms with Gasteiger partial charge in [0, 0.05) is 20.1 Å². The van der Waals surface area contributed by atoms with Crippen molar-refractivity contribution in [3.63, 3.8) is 0 Å². The summed E-state index contributed by atoms with van der Waals surface area (Å²) in [6, 6.07) is 12.5. The van der Waals surface area contributed by atoms with Gasteiger partial charge in [0.1, 0.15) is 5.82 Å². The van der Waals surface area contributed by atoms with Crippen molar-refractivity contribution in [2.75, 3.05) is 27.8 Å². The topological polar surface area (TPSA) is 54.9 Å². The van der Waals surface area contributed by atoms with Crippen molar-refractivity contribution in [1.29, 1.82) is 0 Å². The summed E-state index contributed by atoms with van der Waals surface area (Å²) in [5.74, 6) is 1.85. The van der Waals surface area contributed by atoms with Crippen LogP contribution in [0.1, 0.15) is 11.1 Å². The molecule has 0 saturated heterocycles. The van der Waals surface area contributed by atoms with E-state index in [2.05, 4.69) is 15.6 Å². The van der Waals surface area contributed by atoms with Gasteiger partial charge in [-0.1, -0.05) is 24.3 Å². The molecule has 0 aromatic heterocycles. The van der Waals surface area contributed by atoms with Crippen LogP contribution >= 0.6 is 24.0 Å². The average molecular weight is 473 g/mol. The number of aliphatic imine (C=N–C) groups is 1. The molecular formula is C19H25FIN3O2. The van der Waals surface area contributed by atoms with Crippen molar-refractivity contribution in [2.45, 2.75) is 13.0 Å². The minimum Gasteiger partial charge on any atom is -0.493 e. The Morgan fingerprint density at radius 3 is 2.42 bits per heavy atom. The highest BCUT2D eigenvalue weighted by molar-refractivity contribution is 14.0. The molecule has 7 heteroatoms. The van der Waals surface area contributed by atoms with Crippen molar-refractivity contribution in [3.8, 4) is 11.5 Å². The van der Waals surface area contributed by atoms with E-state index in [0.717, 1.165) is 5.56 Å². The highest BCUT2D eigenvalue weighted by Crippen LogP contribution is 2.27. The van der Waals surface area contributed by atoms with Crippen molar-refractivity contribution >= 4 is 29.9 Å². The number of guanidine groups is 1. The van der Waals surface area contributed by atoms with Gasteiger partial charge in [0.2, 0.25) is 0 Å². The molecule has 0 radical (unpaired) electrons. The first-order chi connectivity index (χ1) is 12.2. The second-order valence-corrected chi connectivity index (χ2v) is 5.38. The van der Waals surface area contributed by atoms with Crippen LogP contribution in [0.2, 0.25) is 0 Å². The molecule has 5 nitrogen and oxygen atoms in total. The number of halogens is 2. The Hall–Kier alpha value is -2.03. The third-order valence-electron chi connectivity index (χ3n) is 3.78. The summed E-state index contributed by atoms with van der Waals surface area (Å²) in [7, 11) is 4.92. The van der Waals surface area contributed by atoms with Crippen molar-refractivity contribution in [3.05, 3.63) is 59.4 Å². The molecule has 0 fully saturated rings. The van der Waals surface area contributed by atoms with E-state index in [9.17, 15) is 4.39 Å². The minimum atomic E-state index is -0.183. The molecule has 0 aliphatic heterocycles. The van der Waals surface area contributed by atoms with E-state index in [1.807, 2.05) is 24.3 Å². The lowest BCUT2D eigenvalue weighted by atomic mass is 10.1. The van der Waals surface area contributed by atoms with Crippen LogP contribution in [0.4, 0.5) is 4.39 Å². The van der Waals surface area contributed by atoms with Crippen molar-refractivity contribution in [2.24, 2.45) is 4.99 Å². The molecule has 0 aliphatic carbocycles. The molecule has 0 atom stereocenters. The quantitative estimate of drug-likeness (QED) is 0.368. The van der Waals surface area contributed by atoms with Crippen LogP contribution in [0.25, 0.3) is 0 Å². The van der Waals surface area contributed by atoms with Gasteiger partial charge in [-0.15, -0.1) is 24.0 Å². The number of nitrogens with zero attached hydrogens (tertiary/aromatic N) is 1. The molecule has 2 aromatic carbocycles. The molecule has 142 valence electrons. The van der Waals surface area contributed by atoms with E-state index in [1.165, 1.54) is 6.07 Å². The summed E-state index contributed by atoms with van der Waals surface area (Å²) < 4.78 is 24.1. The van der Waals surface area contributed by atoms with E-state index in [4.69, 9.17) is 9.47 Å². The Bertz CT molecular complexity index is 726. The summed E-state index contributed by atoms with van der Waals surface area (Å²) >= 11 is 0. The number of rotatable bonds is 7. The third-order valence-corrected chi connectivity index (χ3v) is 3.78. The first-order valence-corrected chi connectivity index (χ1v) is 8.06. The highest BCUT2D eigenvalue weighted by Gasteiger charge is 2.06. The maximum atomic E-state index is 13.6. The van der Waals surface area contributed by atoms with Crippen LogP contribution in [0, 0.1) is 5.82 Å². The number of ether oxygens (including phenoxy) is 2. The van der Waals surface area contributed by atoms with Gasteiger partial charge in [-0.2, -0.15) is 0 Å². The first-order valence-electron chi connectivity index (χ1n) is 8.06. The zero-order valence-electron chi connectivity index (χ0n) is 15.2. The maximum absolute atomic E-state index is 13.6. The number of nitrogens with one attached hydrogen (secondary N) is 2.